The van der Waals surface area contributed by atoms with Crippen molar-refractivity contribution in [2.75, 3.05) is 55.9 Å². The van der Waals surface area contributed by atoms with E-state index in [4.69, 9.17) is 23.2 Å². The van der Waals surface area contributed by atoms with E-state index in [1.165, 1.54) is 0 Å². The Hall–Kier alpha value is -1.27. The number of nitrogens with one attached hydrogen (secondary N) is 2. The second-order valence-electron chi connectivity index (χ2n) is 5.76. The van der Waals surface area contributed by atoms with Crippen LogP contribution >= 0.6 is 23.2 Å². The molecule has 0 atom stereocenters. The lowest BCUT2D eigenvalue weighted by Crippen LogP contribution is -2.38. The molecule has 0 saturated heterocycles. The van der Waals surface area contributed by atoms with Gasteiger partial charge in [0.05, 0.1) is 11.4 Å². The van der Waals surface area contributed by atoms with E-state index in [9.17, 15) is 0 Å². The highest BCUT2D eigenvalue weighted by Crippen LogP contribution is 2.20. The van der Waals surface area contributed by atoms with Gasteiger partial charge in [0.2, 0.25) is 0 Å². The molecule has 1 aromatic heterocycles. The lowest BCUT2D eigenvalue weighted by Gasteiger charge is -2.25. The first-order valence-corrected chi connectivity index (χ1v) is 9.73. The Labute approximate surface area is 160 Å². The number of benzene rings is 1. The van der Waals surface area contributed by atoms with Gasteiger partial charge in [-0.05, 0) is 19.1 Å². The molecule has 2 N–H and O–H groups in total. The lowest BCUT2D eigenvalue weighted by molar-refractivity contribution is 0.635. The molecule has 1 aromatic carbocycles. The molecule has 0 bridgehead atoms. The van der Waals surface area contributed by atoms with Crippen LogP contribution in [0.15, 0.2) is 36.4 Å². The smallest absolute Gasteiger partial charge is 0.132 e. The van der Waals surface area contributed by atoms with Gasteiger partial charge in [0.1, 0.15) is 5.82 Å². The van der Waals surface area contributed by atoms with Gasteiger partial charge in [0.15, 0.2) is 0 Å². The Morgan fingerprint density at radius 3 is 2.12 bits per heavy atom. The van der Waals surface area contributed by atoms with Gasteiger partial charge in [-0.15, -0.1) is 23.2 Å². The molecular weight excluding hydrogens is 357 g/mol. The van der Waals surface area contributed by atoms with Crippen LogP contribution in [0.1, 0.15) is 5.69 Å². The van der Waals surface area contributed by atoms with Crippen molar-refractivity contribution in [2.45, 2.75) is 6.92 Å². The number of halogens is 2. The highest BCUT2D eigenvalue weighted by molar-refractivity contribution is 6.18. The first-order valence-electron chi connectivity index (χ1n) is 8.66. The minimum absolute atomic E-state index is 0.623. The molecule has 0 aliphatic carbocycles. The van der Waals surface area contributed by atoms with Crippen molar-refractivity contribution in [3.8, 4) is 5.69 Å². The first kappa shape index (κ1) is 20.0. The Morgan fingerprint density at radius 2 is 1.56 bits per heavy atom. The fourth-order valence-corrected chi connectivity index (χ4v) is 2.89. The van der Waals surface area contributed by atoms with Gasteiger partial charge < -0.3 is 15.5 Å². The summed E-state index contributed by atoms with van der Waals surface area (Å²) >= 11 is 11.5. The number of aryl methyl sites for hydroxylation is 1. The average Bonchev–Trinajstić information content (AvgIpc) is 3.03. The average molecular weight is 384 g/mol. The largest absolute Gasteiger partial charge is 0.354 e. The molecule has 7 heteroatoms. The maximum atomic E-state index is 5.75. The van der Waals surface area contributed by atoms with Gasteiger partial charge >= 0.3 is 0 Å². The van der Waals surface area contributed by atoms with Crippen LogP contribution < -0.4 is 15.5 Å². The van der Waals surface area contributed by atoms with Gasteiger partial charge in [-0.3, -0.25) is 0 Å². The highest BCUT2D eigenvalue weighted by Gasteiger charge is 2.14. The van der Waals surface area contributed by atoms with Gasteiger partial charge in [0.25, 0.3) is 0 Å². The third-order valence-electron chi connectivity index (χ3n) is 3.80. The fraction of sp³-hybridized carbons (Fsp3) is 0.500. The zero-order valence-corrected chi connectivity index (χ0v) is 16.2. The van der Waals surface area contributed by atoms with Gasteiger partial charge in [-0.25, -0.2) is 4.68 Å². The number of rotatable bonds is 12. The van der Waals surface area contributed by atoms with Crippen LogP contribution in [-0.4, -0.2) is 60.8 Å². The number of nitrogens with zero attached hydrogens (tertiary/aromatic N) is 3. The summed E-state index contributed by atoms with van der Waals surface area (Å²) in [5, 5.41) is 11.4. The summed E-state index contributed by atoms with van der Waals surface area (Å²) in [6.07, 6.45) is 0. The van der Waals surface area contributed by atoms with E-state index in [0.717, 1.165) is 56.5 Å². The van der Waals surface area contributed by atoms with Crippen molar-refractivity contribution in [2.24, 2.45) is 0 Å². The summed E-state index contributed by atoms with van der Waals surface area (Å²) in [6, 6.07) is 12.4. The third-order valence-corrected chi connectivity index (χ3v) is 4.17. The zero-order chi connectivity index (χ0) is 17.9. The topological polar surface area (TPSA) is 45.1 Å². The monoisotopic (exact) mass is 383 g/mol. The summed E-state index contributed by atoms with van der Waals surface area (Å²) in [5.41, 5.74) is 2.07. The SMILES string of the molecule is Cc1cc(N(CCNCCCl)CCNCCCl)n(-c2ccccc2)n1. The van der Waals surface area contributed by atoms with Gasteiger partial charge in [0, 0.05) is 57.1 Å². The number of alkyl halides is 2. The summed E-state index contributed by atoms with van der Waals surface area (Å²) in [4.78, 5) is 2.34. The Bertz CT molecular complexity index is 591. The molecule has 0 amide bonds. The van der Waals surface area contributed by atoms with Crippen LogP contribution in [0.2, 0.25) is 0 Å². The number of aromatic nitrogens is 2. The highest BCUT2D eigenvalue weighted by atomic mass is 35.5. The van der Waals surface area contributed by atoms with E-state index in [2.05, 4.69) is 38.8 Å². The zero-order valence-electron chi connectivity index (χ0n) is 14.7. The van der Waals surface area contributed by atoms with Crippen LogP contribution in [0, 0.1) is 6.92 Å². The molecule has 0 saturated carbocycles. The molecule has 138 valence electrons. The number of hydrogen-bond acceptors (Lipinski definition) is 4. The molecule has 0 aliphatic heterocycles. The maximum Gasteiger partial charge on any atom is 0.132 e. The molecule has 25 heavy (non-hydrogen) atoms. The molecule has 0 aliphatic rings. The predicted molar refractivity (Wildman–Crippen MR) is 108 cm³/mol. The van der Waals surface area contributed by atoms with Crippen molar-refractivity contribution >= 4 is 29.0 Å². The molecule has 0 spiro atoms. The van der Waals surface area contributed by atoms with E-state index in [0.29, 0.717) is 11.8 Å². The summed E-state index contributed by atoms with van der Waals surface area (Å²) in [7, 11) is 0. The minimum atomic E-state index is 0.623. The van der Waals surface area contributed by atoms with E-state index < -0.39 is 0 Å². The number of hydrogen-bond donors (Lipinski definition) is 2. The van der Waals surface area contributed by atoms with Gasteiger partial charge in [-0.1, -0.05) is 18.2 Å². The molecule has 5 nitrogen and oxygen atoms in total. The van der Waals surface area contributed by atoms with Crippen molar-refractivity contribution in [1.29, 1.82) is 0 Å². The minimum Gasteiger partial charge on any atom is -0.354 e. The first-order chi connectivity index (χ1) is 12.3. The summed E-state index contributed by atoms with van der Waals surface area (Å²) in [6.45, 7) is 7.18. The molecule has 0 radical (unpaired) electrons. The third kappa shape index (κ3) is 6.51. The molecular formula is C18H27Cl2N5. The summed E-state index contributed by atoms with van der Waals surface area (Å²) in [5.74, 6) is 2.35. The second kappa shape index (κ2) is 11.4. The van der Waals surface area contributed by atoms with E-state index in [-0.39, 0.29) is 0 Å². The van der Waals surface area contributed by atoms with E-state index in [1.54, 1.807) is 0 Å². The molecule has 2 rings (SSSR count). The van der Waals surface area contributed by atoms with Crippen molar-refractivity contribution in [1.82, 2.24) is 20.4 Å². The second-order valence-corrected chi connectivity index (χ2v) is 6.51. The lowest BCUT2D eigenvalue weighted by atomic mass is 10.3. The molecule has 0 unspecified atom stereocenters. The van der Waals surface area contributed by atoms with E-state index >= 15 is 0 Å². The predicted octanol–water partition coefficient (Wildman–Crippen LogP) is 2.64. The maximum absolute atomic E-state index is 5.75. The van der Waals surface area contributed by atoms with Crippen molar-refractivity contribution < 1.29 is 0 Å². The molecule has 1 heterocycles. The Morgan fingerprint density at radius 1 is 0.960 bits per heavy atom. The van der Waals surface area contributed by atoms with Crippen LogP contribution in [0.4, 0.5) is 5.82 Å². The fourth-order valence-electron chi connectivity index (χ4n) is 2.62. The molecule has 2 aromatic rings. The number of para-hydroxylation sites is 1. The standard InChI is InChI=1S/C18H27Cl2N5/c1-16-15-18(25(23-16)17-5-3-2-4-6-17)24(13-11-21-9-7-19)14-12-22-10-8-20/h2-6,15,21-22H,7-14H2,1H3. The van der Waals surface area contributed by atoms with Gasteiger partial charge in [-0.2, -0.15) is 5.10 Å². The Kier molecular flexibility index (Phi) is 9.11. The van der Waals surface area contributed by atoms with Crippen LogP contribution in [-0.2, 0) is 0 Å². The summed E-state index contributed by atoms with van der Waals surface area (Å²) < 4.78 is 2.01. The number of anilines is 1. The van der Waals surface area contributed by atoms with Crippen LogP contribution in [0.5, 0.6) is 0 Å². The quantitative estimate of drug-likeness (QED) is 0.436. The van der Waals surface area contributed by atoms with Crippen LogP contribution in [0.25, 0.3) is 5.69 Å². The Balaban J connectivity index is 2.14. The normalized spacial score (nSPS) is 11.0. The van der Waals surface area contributed by atoms with Crippen LogP contribution in [0.3, 0.4) is 0 Å². The molecule has 0 fully saturated rings. The van der Waals surface area contributed by atoms with E-state index in [1.807, 2.05) is 29.8 Å². The van der Waals surface area contributed by atoms with Crippen molar-refractivity contribution in [3.63, 3.8) is 0 Å². The van der Waals surface area contributed by atoms with Crippen molar-refractivity contribution in [3.05, 3.63) is 42.1 Å².